The van der Waals surface area contributed by atoms with Gasteiger partial charge in [-0.3, -0.25) is 19.2 Å². The van der Waals surface area contributed by atoms with E-state index in [1.54, 1.807) is 17.1 Å². The second-order valence-corrected chi connectivity index (χ2v) is 9.78. The lowest BCUT2D eigenvalue weighted by Gasteiger charge is -2.36. The van der Waals surface area contributed by atoms with E-state index in [4.69, 9.17) is 4.98 Å². The van der Waals surface area contributed by atoms with Gasteiger partial charge in [0, 0.05) is 45.8 Å². The number of aryl methyl sites for hydroxylation is 1. The second-order valence-electron chi connectivity index (χ2n) is 9.78. The Balaban J connectivity index is 1.35. The van der Waals surface area contributed by atoms with Crippen LogP contribution in [0.25, 0.3) is 0 Å². The molecule has 1 unspecified atom stereocenters. The number of piperidine rings is 1. The first-order chi connectivity index (χ1) is 15.6. The maximum absolute atomic E-state index is 13.1. The predicted molar refractivity (Wildman–Crippen MR) is 121 cm³/mol. The number of H-pyrrole nitrogens is 1. The standard InChI is InChI=1S/C24H34N6O2/c1-28-15-18(13-25-28)24(32)30-11-6-5-9-21(30)22-26-20-10-12-29(16-19(20)23(31)27-22)14-17-7-3-2-4-8-17/h13,15,17,21H,2-12,14,16H2,1H3,(H,26,27,31). The van der Waals surface area contributed by atoms with Gasteiger partial charge in [0.05, 0.1) is 29.1 Å². The van der Waals surface area contributed by atoms with Gasteiger partial charge in [0.1, 0.15) is 5.82 Å². The zero-order valence-corrected chi connectivity index (χ0v) is 19.1. The van der Waals surface area contributed by atoms with Crippen molar-refractivity contribution in [3.05, 3.63) is 45.4 Å². The molecule has 32 heavy (non-hydrogen) atoms. The van der Waals surface area contributed by atoms with Crippen LogP contribution in [0.1, 0.15) is 84.8 Å². The first-order valence-corrected chi connectivity index (χ1v) is 12.2. The van der Waals surface area contributed by atoms with Gasteiger partial charge in [0.25, 0.3) is 11.5 Å². The lowest BCUT2D eigenvalue weighted by Crippen LogP contribution is -2.42. The van der Waals surface area contributed by atoms with Crippen molar-refractivity contribution in [3.8, 4) is 0 Å². The van der Waals surface area contributed by atoms with Gasteiger partial charge in [-0.1, -0.05) is 19.3 Å². The summed E-state index contributed by atoms with van der Waals surface area (Å²) in [6.07, 6.45) is 13.7. The molecule has 1 N–H and O–H groups in total. The minimum atomic E-state index is -0.185. The monoisotopic (exact) mass is 438 g/mol. The molecule has 2 aromatic rings. The normalized spacial score (nSPS) is 22.7. The van der Waals surface area contributed by atoms with Gasteiger partial charge in [-0.05, 0) is 38.0 Å². The van der Waals surface area contributed by atoms with Crippen LogP contribution in [-0.2, 0) is 20.0 Å². The Hall–Kier alpha value is -2.48. The van der Waals surface area contributed by atoms with Crippen LogP contribution in [-0.4, -0.2) is 55.1 Å². The maximum Gasteiger partial charge on any atom is 0.257 e. The van der Waals surface area contributed by atoms with E-state index >= 15 is 0 Å². The fourth-order valence-corrected chi connectivity index (χ4v) is 5.71. The third-order valence-corrected chi connectivity index (χ3v) is 7.44. The first-order valence-electron chi connectivity index (χ1n) is 12.2. The van der Waals surface area contributed by atoms with Crippen LogP contribution in [0, 0.1) is 5.92 Å². The number of aromatic amines is 1. The largest absolute Gasteiger partial charge is 0.328 e. The third kappa shape index (κ3) is 4.37. The van der Waals surface area contributed by atoms with Crippen LogP contribution in [0.15, 0.2) is 17.2 Å². The molecule has 1 saturated heterocycles. The van der Waals surface area contributed by atoms with E-state index < -0.39 is 0 Å². The van der Waals surface area contributed by atoms with Gasteiger partial charge in [0.15, 0.2) is 0 Å². The van der Waals surface area contributed by atoms with E-state index in [-0.39, 0.29) is 17.5 Å². The Morgan fingerprint density at radius 2 is 1.94 bits per heavy atom. The minimum absolute atomic E-state index is 0.0299. The topological polar surface area (TPSA) is 87.1 Å². The van der Waals surface area contributed by atoms with Gasteiger partial charge in [0.2, 0.25) is 0 Å². The van der Waals surface area contributed by atoms with Crippen LogP contribution in [0.5, 0.6) is 0 Å². The highest BCUT2D eigenvalue weighted by molar-refractivity contribution is 5.94. The van der Waals surface area contributed by atoms with Crippen LogP contribution in [0.2, 0.25) is 0 Å². The Kier molecular flexibility index (Phi) is 6.13. The summed E-state index contributed by atoms with van der Waals surface area (Å²) in [5, 5.41) is 4.14. The molecule has 2 fully saturated rings. The number of hydrogen-bond acceptors (Lipinski definition) is 5. The first kappa shape index (κ1) is 21.4. The molecule has 0 radical (unpaired) electrons. The number of amides is 1. The number of carbonyl (C=O) groups is 1. The molecular weight excluding hydrogens is 404 g/mol. The Morgan fingerprint density at radius 1 is 1.12 bits per heavy atom. The average molecular weight is 439 g/mol. The summed E-state index contributed by atoms with van der Waals surface area (Å²) in [5.41, 5.74) is 2.29. The molecule has 2 aliphatic heterocycles. The van der Waals surface area contributed by atoms with E-state index in [1.807, 2.05) is 11.9 Å². The number of nitrogens with zero attached hydrogens (tertiary/aromatic N) is 5. The van der Waals surface area contributed by atoms with Gasteiger partial charge in [-0.15, -0.1) is 0 Å². The summed E-state index contributed by atoms with van der Waals surface area (Å²) in [6.45, 7) is 3.42. The van der Waals surface area contributed by atoms with E-state index in [2.05, 4.69) is 15.0 Å². The number of nitrogens with one attached hydrogen (secondary N) is 1. The summed E-state index contributed by atoms with van der Waals surface area (Å²) in [4.78, 5) is 38.5. The molecule has 5 rings (SSSR count). The molecule has 0 aromatic carbocycles. The van der Waals surface area contributed by atoms with Crippen molar-refractivity contribution in [2.75, 3.05) is 19.6 Å². The molecule has 8 heteroatoms. The predicted octanol–water partition coefficient (Wildman–Crippen LogP) is 2.81. The van der Waals surface area contributed by atoms with Crippen LogP contribution >= 0.6 is 0 Å². The molecule has 1 aliphatic carbocycles. The molecule has 1 saturated carbocycles. The highest BCUT2D eigenvalue weighted by Gasteiger charge is 2.32. The molecule has 0 spiro atoms. The van der Waals surface area contributed by atoms with Gasteiger partial charge in [-0.2, -0.15) is 5.10 Å². The SMILES string of the molecule is Cn1cc(C(=O)N2CCCCC2c2nc3c(c(=O)[nH]2)CN(CC2CCCCC2)CC3)cn1. The van der Waals surface area contributed by atoms with Crippen molar-refractivity contribution < 1.29 is 4.79 Å². The fourth-order valence-electron chi connectivity index (χ4n) is 5.71. The maximum atomic E-state index is 13.1. The van der Waals surface area contributed by atoms with E-state index in [0.29, 0.717) is 24.5 Å². The summed E-state index contributed by atoms with van der Waals surface area (Å²) in [6, 6.07) is -0.185. The van der Waals surface area contributed by atoms with Crippen molar-refractivity contribution in [1.82, 2.24) is 29.5 Å². The molecule has 1 atom stereocenters. The Labute approximate surface area is 189 Å². The number of likely N-dealkylation sites (tertiary alicyclic amines) is 1. The van der Waals surface area contributed by atoms with Gasteiger partial charge < -0.3 is 9.88 Å². The summed E-state index contributed by atoms with van der Waals surface area (Å²) >= 11 is 0. The van der Waals surface area contributed by atoms with Crippen molar-refractivity contribution in [3.63, 3.8) is 0 Å². The minimum Gasteiger partial charge on any atom is -0.328 e. The van der Waals surface area contributed by atoms with E-state index in [1.165, 1.54) is 32.1 Å². The van der Waals surface area contributed by atoms with Crippen LogP contribution < -0.4 is 5.56 Å². The van der Waals surface area contributed by atoms with E-state index in [9.17, 15) is 9.59 Å². The van der Waals surface area contributed by atoms with Crippen LogP contribution in [0.4, 0.5) is 0 Å². The quantitative estimate of drug-likeness (QED) is 0.793. The number of fused-ring (bicyclic) bond motifs is 1. The van der Waals surface area contributed by atoms with Crippen molar-refractivity contribution in [2.24, 2.45) is 13.0 Å². The van der Waals surface area contributed by atoms with E-state index in [0.717, 1.165) is 55.9 Å². The summed E-state index contributed by atoms with van der Waals surface area (Å²) in [7, 11) is 1.81. The Morgan fingerprint density at radius 3 is 2.72 bits per heavy atom. The molecule has 0 bridgehead atoms. The third-order valence-electron chi connectivity index (χ3n) is 7.44. The molecule has 4 heterocycles. The summed E-state index contributed by atoms with van der Waals surface area (Å²) in [5.74, 6) is 1.37. The lowest BCUT2D eigenvalue weighted by atomic mass is 9.88. The number of carbonyl (C=O) groups excluding carboxylic acids is 1. The number of hydrogen-bond donors (Lipinski definition) is 1. The van der Waals surface area contributed by atoms with Crippen molar-refractivity contribution in [2.45, 2.75) is 70.4 Å². The zero-order chi connectivity index (χ0) is 22.1. The highest BCUT2D eigenvalue weighted by Crippen LogP contribution is 2.31. The highest BCUT2D eigenvalue weighted by atomic mass is 16.2. The van der Waals surface area contributed by atoms with Crippen molar-refractivity contribution >= 4 is 5.91 Å². The molecule has 172 valence electrons. The van der Waals surface area contributed by atoms with Gasteiger partial charge >= 0.3 is 0 Å². The second kappa shape index (κ2) is 9.17. The molecule has 2 aromatic heterocycles. The molecule has 1 amide bonds. The number of aromatic nitrogens is 4. The van der Waals surface area contributed by atoms with Crippen LogP contribution in [0.3, 0.4) is 0 Å². The average Bonchev–Trinajstić information content (AvgIpc) is 3.26. The Bertz CT molecular complexity index is 1020. The molecule has 3 aliphatic rings. The van der Waals surface area contributed by atoms with Crippen molar-refractivity contribution in [1.29, 1.82) is 0 Å². The molecule has 8 nitrogen and oxygen atoms in total. The summed E-state index contributed by atoms with van der Waals surface area (Å²) < 4.78 is 1.64. The zero-order valence-electron chi connectivity index (χ0n) is 19.1. The number of rotatable bonds is 4. The van der Waals surface area contributed by atoms with Gasteiger partial charge in [-0.25, -0.2) is 4.98 Å². The smallest absolute Gasteiger partial charge is 0.257 e. The molecular formula is C24H34N6O2. The lowest BCUT2D eigenvalue weighted by molar-refractivity contribution is 0.0598. The fraction of sp³-hybridized carbons (Fsp3) is 0.667.